The predicted octanol–water partition coefficient (Wildman–Crippen LogP) is 10.7. The Hall–Kier alpha value is -3.64. The highest BCUT2D eigenvalue weighted by molar-refractivity contribution is 6.60. The second-order valence-electron chi connectivity index (χ2n) is 15.6. The van der Waals surface area contributed by atoms with Crippen LogP contribution in [0.5, 0.6) is 5.75 Å². The fourth-order valence-corrected chi connectivity index (χ4v) is 9.65. The van der Waals surface area contributed by atoms with Crippen molar-refractivity contribution in [3.8, 4) is 11.8 Å². The van der Waals surface area contributed by atoms with E-state index in [0.717, 1.165) is 28.0 Å². The highest BCUT2D eigenvalue weighted by Crippen LogP contribution is 2.44. The summed E-state index contributed by atoms with van der Waals surface area (Å²) in [4.78, 5) is 0. The lowest BCUT2D eigenvalue weighted by atomic mass is 9.73. The average molecular weight is 760 g/mol. The summed E-state index contributed by atoms with van der Waals surface area (Å²) in [6.07, 6.45) is 11.8. The number of ether oxygens (including phenoxy) is 3. The Morgan fingerprint density at radius 3 is 1.62 bits per heavy atom. The normalized spacial score (nSPS) is 21.4. The third kappa shape index (κ3) is 9.33. The number of nitriles is 1. The Labute approximate surface area is 333 Å². The molecule has 4 aromatic carbocycles. The van der Waals surface area contributed by atoms with Gasteiger partial charge in [-0.05, 0) is 71.9 Å². The molecule has 8 heteroatoms. The number of benzene rings is 4. The lowest BCUT2D eigenvalue weighted by molar-refractivity contribution is -0.0892. The molecular formula is C47H55BClNO5. The van der Waals surface area contributed by atoms with E-state index >= 15 is 0 Å². The minimum absolute atomic E-state index is 0.0224. The van der Waals surface area contributed by atoms with Gasteiger partial charge in [-0.15, -0.1) is 11.6 Å². The van der Waals surface area contributed by atoms with E-state index in [4.69, 9.17) is 35.1 Å². The van der Waals surface area contributed by atoms with Crippen LogP contribution >= 0.6 is 11.6 Å². The van der Waals surface area contributed by atoms with E-state index in [1.165, 1.54) is 64.2 Å². The summed E-state index contributed by atoms with van der Waals surface area (Å²) in [5.41, 5.74) is 3.00. The molecule has 0 unspecified atom stereocenters. The number of hydrogen-bond acceptors (Lipinski definition) is 6. The summed E-state index contributed by atoms with van der Waals surface area (Å²) in [5.74, 6) is 1.27. The molecule has 3 fully saturated rings. The van der Waals surface area contributed by atoms with Crippen molar-refractivity contribution in [2.24, 2.45) is 17.8 Å². The molecule has 4 aromatic rings. The van der Waals surface area contributed by atoms with Crippen molar-refractivity contribution in [2.75, 3.05) is 13.7 Å². The Morgan fingerprint density at radius 1 is 0.709 bits per heavy atom. The number of hydrogen-bond donors (Lipinski definition) is 0. The second-order valence-corrected chi connectivity index (χ2v) is 16.1. The fraction of sp³-hybridized carbons (Fsp3) is 0.468. The Morgan fingerprint density at radius 2 is 1.18 bits per heavy atom. The van der Waals surface area contributed by atoms with Crippen LogP contribution in [0.15, 0.2) is 115 Å². The molecule has 6 nitrogen and oxygen atoms in total. The van der Waals surface area contributed by atoms with Gasteiger partial charge in [0.1, 0.15) is 11.4 Å². The molecule has 2 saturated carbocycles. The van der Waals surface area contributed by atoms with Gasteiger partial charge < -0.3 is 23.5 Å². The first-order valence-corrected chi connectivity index (χ1v) is 20.9. The van der Waals surface area contributed by atoms with E-state index in [0.29, 0.717) is 18.4 Å². The largest absolute Gasteiger partial charge is 0.497 e. The molecule has 0 radical (unpaired) electrons. The first-order valence-electron chi connectivity index (χ1n) is 20.5. The summed E-state index contributed by atoms with van der Waals surface area (Å²) >= 11 is 7.60. The average Bonchev–Trinajstić information content (AvgIpc) is 3.72. The number of nitrogens with zero attached hydrogens (tertiary/aromatic N) is 1. The smallest absolute Gasteiger partial charge is 0.477 e. The number of alkyl halides is 1. The zero-order chi connectivity index (χ0) is 37.9. The molecule has 5 atom stereocenters. The van der Waals surface area contributed by atoms with E-state index in [2.05, 4.69) is 42.5 Å². The van der Waals surface area contributed by atoms with Crippen LogP contribution < -0.4 is 4.74 Å². The molecule has 1 aliphatic heterocycles. The maximum Gasteiger partial charge on any atom is 0.477 e. The van der Waals surface area contributed by atoms with Crippen molar-refractivity contribution in [1.29, 1.82) is 5.26 Å². The zero-order valence-corrected chi connectivity index (χ0v) is 32.9. The Balaban J connectivity index is 1.23. The van der Waals surface area contributed by atoms with Gasteiger partial charge in [0, 0.05) is 12.3 Å². The van der Waals surface area contributed by atoms with Gasteiger partial charge in [-0.3, -0.25) is 0 Å². The third-order valence-electron chi connectivity index (χ3n) is 12.2. The van der Waals surface area contributed by atoms with Crippen LogP contribution in [0.1, 0.15) is 92.9 Å². The summed E-state index contributed by atoms with van der Waals surface area (Å²) in [5, 5.41) is 9.76. The monoisotopic (exact) mass is 759 g/mol. The molecule has 1 saturated heterocycles. The van der Waals surface area contributed by atoms with E-state index in [1.54, 1.807) is 7.11 Å². The molecular weight excluding hydrogens is 705 g/mol. The van der Waals surface area contributed by atoms with Crippen LogP contribution in [-0.2, 0) is 31.0 Å². The zero-order valence-electron chi connectivity index (χ0n) is 32.1. The van der Waals surface area contributed by atoms with Crippen molar-refractivity contribution >= 4 is 18.7 Å². The summed E-state index contributed by atoms with van der Waals surface area (Å²) < 4.78 is 33.6. The maximum absolute atomic E-state index is 10.4. The highest BCUT2D eigenvalue weighted by atomic mass is 35.5. The number of methoxy groups -OCH3 is 1. The summed E-state index contributed by atoms with van der Waals surface area (Å²) in [6, 6.07) is 41.4. The summed E-state index contributed by atoms with van der Waals surface area (Å²) in [6.45, 7) is 0.468. The minimum atomic E-state index is -0.969. The topological polar surface area (TPSA) is 69.9 Å². The molecule has 0 amide bonds. The number of halogens is 1. The first-order chi connectivity index (χ1) is 27.1. The number of rotatable bonds is 16. The van der Waals surface area contributed by atoms with Crippen molar-refractivity contribution in [3.63, 3.8) is 0 Å². The summed E-state index contributed by atoms with van der Waals surface area (Å²) in [7, 11) is 1.02. The molecule has 288 valence electrons. The van der Waals surface area contributed by atoms with Gasteiger partial charge in [0.05, 0.1) is 50.0 Å². The van der Waals surface area contributed by atoms with E-state index in [1.807, 2.05) is 78.9 Å². The molecule has 0 N–H and O–H groups in total. The van der Waals surface area contributed by atoms with Crippen molar-refractivity contribution in [1.82, 2.24) is 0 Å². The van der Waals surface area contributed by atoms with Crippen molar-refractivity contribution < 1.29 is 23.5 Å². The van der Waals surface area contributed by atoms with Crippen LogP contribution in [0.3, 0.4) is 0 Å². The van der Waals surface area contributed by atoms with Crippen LogP contribution in [0.4, 0.5) is 0 Å². The molecule has 0 aromatic heterocycles. The maximum atomic E-state index is 10.4. The van der Waals surface area contributed by atoms with Gasteiger partial charge in [-0.25, -0.2) is 0 Å². The molecule has 2 aliphatic carbocycles. The molecule has 55 heavy (non-hydrogen) atoms. The van der Waals surface area contributed by atoms with Crippen LogP contribution in [-0.4, -0.2) is 44.4 Å². The van der Waals surface area contributed by atoms with Gasteiger partial charge in [-0.1, -0.05) is 142 Å². The van der Waals surface area contributed by atoms with Gasteiger partial charge in [0.25, 0.3) is 0 Å². The lowest BCUT2D eigenvalue weighted by Gasteiger charge is -2.38. The van der Waals surface area contributed by atoms with Gasteiger partial charge in [0.15, 0.2) is 0 Å². The Bertz CT molecular complexity index is 1640. The molecule has 7 rings (SSSR count). The van der Waals surface area contributed by atoms with Crippen LogP contribution in [0, 0.1) is 29.1 Å². The lowest BCUT2D eigenvalue weighted by Crippen LogP contribution is -2.45. The quantitative estimate of drug-likeness (QED) is 0.0644. The fourth-order valence-electron chi connectivity index (χ4n) is 9.28. The van der Waals surface area contributed by atoms with Crippen molar-refractivity contribution in [2.45, 2.75) is 106 Å². The highest BCUT2D eigenvalue weighted by Gasteiger charge is 2.52. The Kier molecular flexibility index (Phi) is 14.0. The van der Waals surface area contributed by atoms with Gasteiger partial charge in [-0.2, -0.15) is 5.26 Å². The molecule has 0 spiro atoms. The first kappa shape index (κ1) is 39.6. The minimum Gasteiger partial charge on any atom is -0.497 e. The predicted molar refractivity (Wildman–Crippen MR) is 219 cm³/mol. The standard InChI is InChI=1S/C47H55BClNO5/c1-51-41-29-27-35(28-30-41)33-52-43(34-53-47(38-21-11-4-12-22-38,39-23-13-5-14-24-39)40-25-15-6-16-26-40)42(31-32-50)46(49)48-54-44(36-17-7-2-8-18-36)45(55-48)37-19-9-3-10-20-37/h4-6,11-16,21-30,36-37,42-46H,2-3,7-10,17-20,31,33-34H2,1H3/t42-,43-,44+,45+,46+/m0/s1. The van der Waals surface area contributed by atoms with E-state index in [9.17, 15) is 5.26 Å². The van der Waals surface area contributed by atoms with E-state index < -0.39 is 30.0 Å². The van der Waals surface area contributed by atoms with Crippen LogP contribution in [0.2, 0.25) is 0 Å². The molecule has 1 heterocycles. The molecule has 3 aliphatic rings. The van der Waals surface area contributed by atoms with Crippen molar-refractivity contribution in [3.05, 3.63) is 138 Å². The van der Waals surface area contributed by atoms with Gasteiger partial charge in [0.2, 0.25) is 0 Å². The molecule has 0 bridgehead atoms. The van der Waals surface area contributed by atoms with Crippen LogP contribution in [0.25, 0.3) is 0 Å². The van der Waals surface area contributed by atoms with E-state index in [-0.39, 0.29) is 25.2 Å². The second kappa shape index (κ2) is 19.5. The SMILES string of the molecule is COc1ccc(CO[C@@H](COC(c2ccccc2)(c2ccccc2)c2ccccc2)[C@H](CC#N)[C@@H](Cl)B2O[C@H](C3CCCCC3)[C@@H](C3CCCCC3)O2)cc1. The third-order valence-corrected chi connectivity index (χ3v) is 12.8. The van der Waals surface area contributed by atoms with Gasteiger partial charge >= 0.3 is 7.12 Å².